The standard InChI is InChI=1S/C15H14N2O5S/c1-21-10-17-13-7-3-2-6-12(13)16-15-11(5-4-8-14(15)17)9-22-23(18,19)20/h2-8H,9-10H2,1H3/p+1. The first-order chi connectivity index (χ1) is 11.0. The van der Waals surface area contributed by atoms with Gasteiger partial charge in [0.15, 0.2) is 0 Å². The van der Waals surface area contributed by atoms with Gasteiger partial charge in [-0.25, -0.2) is 9.17 Å². The van der Waals surface area contributed by atoms with E-state index in [1.165, 1.54) is 0 Å². The summed E-state index contributed by atoms with van der Waals surface area (Å²) < 4.78 is 42.1. The fraction of sp³-hybridized carbons (Fsp3) is 0.200. The van der Waals surface area contributed by atoms with E-state index in [4.69, 9.17) is 9.29 Å². The van der Waals surface area contributed by atoms with E-state index in [2.05, 4.69) is 9.17 Å². The van der Waals surface area contributed by atoms with E-state index in [9.17, 15) is 8.42 Å². The van der Waals surface area contributed by atoms with Gasteiger partial charge in [-0.3, -0.25) is 4.55 Å². The van der Waals surface area contributed by atoms with Crippen molar-refractivity contribution in [1.29, 1.82) is 0 Å². The van der Waals surface area contributed by atoms with Crippen LogP contribution in [0.5, 0.6) is 0 Å². The Morgan fingerprint density at radius 3 is 2.61 bits per heavy atom. The van der Waals surface area contributed by atoms with Gasteiger partial charge < -0.3 is 4.74 Å². The van der Waals surface area contributed by atoms with Gasteiger partial charge in [0.1, 0.15) is 11.0 Å². The third-order valence-corrected chi connectivity index (χ3v) is 3.83. The molecule has 0 bridgehead atoms. The minimum Gasteiger partial charge on any atom is -0.327 e. The van der Waals surface area contributed by atoms with E-state index in [0.29, 0.717) is 17.8 Å². The molecule has 23 heavy (non-hydrogen) atoms. The molecule has 1 aromatic heterocycles. The monoisotopic (exact) mass is 335 g/mol. The molecular weight excluding hydrogens is 320 g/mol. The predicted octanol–water partition coefficient (Wildman–Crippen LogP) is 1.60. The zero-order valence-corrected chi connectivity index (χ0v) is 13.2. The van der Waals surface area contributed by atoms with Gasteiger partial charge in [-0.15, -0.1) is 0 Å². The Labute approximate surface area is 133 Å². The van der Waals surface area contributed by atoms with Crippen LogP contribution in [0.3, 0.4) is 0 Å². The van der Waals surface area contributed by atoms with Gasteiger partial charge in [-0.2, -0.15) is 13.0 Å². The molecular formula is C15H15N2O5S+. The maximum absolute atomic E-state index is 10.8. The summed E-state index contributed by atoms with van der Waals surface area (Å²) in [7, 11) is -2.92. The van der Waals surface area contributed by atoms with Crippen molar-refractivity contribution in [2.45, 2.75) is 13.3 Å². The molecule has 0 aliphatic heterocycles. The van der Waals surface area contributed by atoms with Gasteiger partial charge in [-0.1, -0.05) is 24.3 Å². The SMILES string of the molecule is COC[n+]1c2ccccc2nc2c(COS(=O)(=O)O)cccc21. The van der Waals surface area contributed by atoms with Crippen molar-refractivity contribution in [3.8, 4) is 0 Å². The van der Waals surface area contributed by atoms with E-state index >= 15 is 0 Å². The molecule has 0 fully saturated rings. The molecule has 0 saturated heterocycles. The number of benzene rings is 2. The Bertz CT molecular complexity index is 972. The van der Waals surface area contributed by atoms with Gasteiger partial charge in [0.05, 0.1) is 6.61 Å². The molecule has 7 nitrogen and oxygen atoms in total. The van der Waals surface area contributed by atoms with Crippen LogP contribution in [0.2, 0.25) is 0 Å². The summed E-state index contributed by atoms with van der Waals surface area (Å²) in [6.07, 6.45) is 0. The largest absolute Gasteiger partial charge is 0.397 e. The molecule has 3 aromatic rings. The number of ether oxygens (including phenoxy) is 1. The highest BCUT2D eigenvalue weighted by Gasteiger charge is 2.19. The Morgan fingerprint density at radius 1 is 1.13 bits per heavy atom. The maximum atomic E-state index is 10.8. The lowest BCUT2D eigenvalue weighted by Gasteiger charge is -2.07. The molecule has 2 aromatic carbocycles. The highest BCUT2D eigenvalue weighted by molar-refractivity contribution is 7.80. The molecule has 8 heteroatoms. The van der Waals surface area contributed by atoms with Crippen LogP contribution in [-0.2, 0) is 32.7 Å². The van der Waals surface area contributed by atoms with Crippen molar-refractivity contribution in [1.82, 2.24) is 4.98 Å². The molecule has 1 heterocycles. The third-order valence-electron chi connectivity index (χ3n) is 3.42. The lowest BCUT2D eigenvalue weighted by molar-refractivity contribution is -0.683. The van der Waals surface area contributed by atoms with E-state index in [1.807, 2.05) is 34.9 Å². The Kier molecular flexibility index (Phi) is 4.22. The molecule has 0 amide bonds. The molecule has 0 aliphatic carbocycles. The van der Waals surface area contributed by atoms with Gasteiger partial charge in [0, 0.05) is 24.8 Å². The summed E-state index contributed by atoms with van der Waals surface area (Å²) in [5.74, 6) is 0. The first kappa shape index (κ1) is 15.8. The lowest BCUT2D eigenvalue weighted by atomic mass is 10.1. The zero-order valence-electron chi connectivity index (χ0n) is 12.3. The highest BCUT2D eigenvalue weighted by atomic mass is 32.3. The molecule has 0 aliphatic rings. The van der Waals surface area contributed by atoms with E-state index in [1.54, 1.807) is 19.2 Å². The first-order valence-electron chi connectivity index (χ1n) is 6.80. The van der Waals surface area contributed by atoms with E-state index in [-0.39, 0.29) is 6.61 Å². The second kappa shape index (κ2) is 6.17. The van der Waals surface area contributed by atoms with Crippen molar-refractivity contribution in [3.63, 3.8) is 0 Å². The summed E-state index contributed by atoms with van der Waals surface area (Å²) in [5.41, 5.74) is 3.57. The molecule has 1 N–H and O–H groups in total. The second-order valence-electron chi connectivity index (χ2n) is 4.92. The number of aromatic nitrogens is 2. The molecule has 0 unspecified atom stereocenters. The van der Waals surface area contributed by atoms with Crippen LogP contribution in [0.25, 0.3) is 22.1 Å². The number of nitrogens with zero attached hydrogens (tertiary/aromatic N) is 2. The molecule has 3 rings (SSSR count). The van der Waals surface area contributed by atoms with Gasteiger partial charge in [-0.05, 0) is 6.07 Å². The fourth-order valence-corrected chi connectivity index (χ4v) is 2.76. The topological polar surface area (TPSA) is 89.6 Å². The van der Waals surface area contributed by atoms with Gasteiger partial charge in [0.2, 0.25) is 11.0 Å². The molecule has 0 spiro atoms. The maximum Gasteiger partial charge on any atom is 0.397 e. The van der Waals surface area contributed by atoms with Crippen molar-refractivity contribution >= 4 is 32.5 Å². The van der Waals surface area contributed by atoms with Crippen LogP contribution in [0, 0.1) is 0 Å². The van der Waals surface area contributed by atoms with Crippen LogP contribution >= 0.6 is 0 Å². The van der Waals surface area contributed by atoms with Crippen LogP contribution in [-0.4, -0.2) is 25.1 Å². The number of fused-ring (bicyclic) bond motifs is 2. The van der Waals surface area contributed by atoms with Gasteiger partial charge in [0.25, 0.3) is 6.73 Å². The lowest BCUT2D eigenvalue weighted by Crippen LogP contribution is -2.37. The first-order valence-corrected chi connectivity index (χ1v) is 8.17. The zero-order chi connectivity index (χ0) is 16.4. The number of methoxy groups -OCH3 is 1. The van der Waals surface area contributed by atoms with Crippen LogP contribution < -0.4 is 4.57 Å². The van der Waals surface area contributed by atoms with Crippen molar-refractivity contribution in [2.75, 3.05) is 7.11 Å². The highest BCUT2D eigenvalue weighted by Crippen LogP contribution is 2.19. The average Bonchev–Trinajstić information content (AvgIpc) is 2.52. The molecule has 120 valence electrons. The minimum atomic E-state index is -4.51. The average molecular weight is 335 g/mol. The fourth-order valence-electron chi connectivity index (χ4n) is 2.48. The summed E-state index contributed by atoms with van der Waals surface area (Å²) in [6.45, 7) is 0.0244. The number of hydrogen-bond donors (Lipinski definition) is 1. The summed E-state index contributed by atoms with van der Waals surface area (Å²) >= 11 is 0. The normalized spacial score (nSPS) is 12.1. The van der Waals surface area contributed by atoms with Crippen molar-refractivity contribution in [2.24, 2.45) is 0 Å². The van der Waals surface area contributed by atoms with Crippen LogP contribution in [0.4, 0.5) is 0 Å². The molecule has 0 atom stereocenters. The Hall–Kier alpha value is -2.13. The van der Waals surface area contributed by atoms with E-state index in [0.717, 1.165) is 16.6 Å². The van der Waals surface area contributed by atoms with Crippen molar-refractivity contribution < 1.29 is 26.5 Å². The number of hydrogen-bond acceptors (Lipinski definition) is 5. The Balaban J connectivity index is 2.24. The molecule has 0 radical (unpaired) electrons. The third kappa shape index (κ3) is 3.30. The minimum absolute atomic E-state index is 0.297. The summed E-state index contributed by atoms with van der Waals surface area (Å²) in [6, 6.07) is 12.9. The smallest absolute Gasteiger partial charge is 0.327 e. The summed E-state index contributed by atoms with van der Waals surface area (Å²) in [5, 5.41) is 0. The van der Waals surface area contributed by atoms with Gasteiger partial charge >= 0.3 is 10.4 Å². The van der Waals surface area contributed by atoms with Crippen molar-refractivity contribution in [3.05, 3.63) is 48.0 Å². The predicted molar refractivity (Wildman–Crippen MR) is 82.8 cm³/mol. The quantitative estimate of drug-likeness (QED) is 0.433. The number of rotatable bonds is 5. The van der Waals surface area contributed by atoms with E-state index < -0.39 is 10.4 Å². The van der Waals surface area contributed by atoms with Crippen LogP contribution in [0.1, 0.15) is 5.56 Å². The second-order valence-corrected chi connectivity index (χ2v) is 6.01. The summed E-state index contributed by atoms with van der Waals surface area (Å²) in [4.78, 5) is 4.59. The number of para-hydroxylation sites is 3. The Morgan fingerprint density at radius 2 is 1.87 bits per heavy atom. The van der Waals surface area contributed by atoms with Crippen LogP contribution in [0.15, 0.2) is 42.5 Å². The molecule has 0 saturated carbocycles.